The number of rotatable bonds is 4. The van der Waals surface area contributed by atoms with Gasteiger partial charge in [-0.15, -0.1) is 0 Å². The molecule has 0 radical (unpaired) electrons. The second-order valence-electron chi connectivity index (χ2n) is 4.37. The van der Waals surface area contributed by atoms with Crippen molar-refractivity contribution >= 4 is 29.9 Å². The smallest absolute Gasteiger partial charge is 0.228 e. The van der Waals surface area contributed by atoms with Crippen molar-refractivity contribution in [1.29, 1.82) is 0 Å². The van der Waals surface area contributed by atoms with E-state index < -0.39 is 40.2 Å². The Bertz CT molecular complexity index is 606. The average molecular weight is 320 g/mol. The maximum atomic E-state index is 11.8. The SMILES string of the molecule is CS(=O)(=O)CS(=O)(=O)N1CCCC(S(N)(=O)=O)C1. The van der Waals surface area contributed by atoms with Crippen LogP contribution in [0.1, 0.15) is 12.8 Å². The second-order valence-corrected chi connectivity index (χ2v) is 10.7. The van der Waals surface area contributed by atoms with Gasteiger partial charge in [-0.05, 0) is 12.8 Å². The van der Waals surface area contributed by atoms with Gasteiger partial charge < -0.3 is 0 Å². The molecule has 1 rings (SSSR count). The predicted molar refractivity (Wildman–Crippen MR) is 66.3 cm³/mol. The lowest BCUT2D eigenvalue weighted by Gasteiger charge is -2.30. The Hall–Kier alpha value is -0.230. The van der Waals surface area contributed by atoms with Gasteiger partial charge >= 0.3 is 0 Å². The molecule has 108 valence electrons. The van der Waals surface area contributed by atoms with Crippen molar-refractivity contribution in [1.82, 2.24) is 4.31 Å². The van der Waals surface area contributed by atoms with E-state index in [1.807, 2.05) is 0 Å². The lowest BCUT2D eigenvalue weighted by atomic mass is 10.2. The van der Waals surface area contributed by atoms with Crippen LogP contribution >= 0.6 is 0 Å². The fraction of sp³-hybridized carbons (Fsp3) is 1.00. The summed E-state index contributed by atoms with van der Waals surface area (Å²) in [6.45, 7) is -0.166. The van der Waals surface area contributed by atoms with Gasteiger partial charge in [-0.3, -0.25) is 0 Å². The van der Waals surface area contributed by atoms with Gasteiger partial charge in [-0.1, -0.05) is 0 Å². The molecule has 1 aliphatic heterocycles. The highest BCUT2D eigenvalue weighted by atomic mass is 32.3. The molecule has 18 heavy (non-hydrogen) atoms. The zero-order valence-electron chi connectivity index (χ0n) is 9.81. The normalized spacial score (nSPS) is 24.0. The summed E-state index contributed by atoms with van der Waals surface area (Å²) in [6, 6.07) is 0. The molecule has 1 fully saturated rings. The van der Waals surface area contributed by atoms with E-state index in [9.17, 15) is 25.3 Å². The molecule has 0 bridgehead atoms. The minimum Gasteiger partial charge on any atom is -0.228 e. The van der Waals surface area contributed by atoms with Crippen LogP contribution in [-0.2, 0) is 29.9 Å². The summed E-state index contributed by atoms with van der Waals surface area (Å²) < 4.78 is 68.9. The van der Waals surface area contributed by atoms with Gasteiger partial charge in [-0.25, -0.2) is 30.4 Å². The van der Waals surface area contributed by atoms with Crippen LogP contribution in [0.3, 0.4) is 0 Å². The van der Waals surface area contributed by atoms with Crippen LogP contribution in [0.15, 0.2) is 0 Å². The zero-order chi connectivity index (χ0) is 14.2. The van der Waals surface area contributed by atoms with Gasteiger partial charge in [0.25, 0.3) is 0 Å². The molecule has 1 heterocycles. The Morgan fingerprint density at radius 3 is 2.17 bits per heavy atom. The van der Waals surface area contributed by atoms with Crippen LogP contribution in [0.25, 0.3) is 0 Å². The monoisotopic (exact) mass is 320 g/mol. The summed E-state index contributed by atoms with van der Waals surface area (Å²) in [5.41, 5.74) is 0. The lowest BCUT2D eigenvalue weighted by Crippen LogP contribution is -2.48. The van der Waals surface area contributed by atoms with E-state index in [0.717, 1.165) is 10.6 Å². The van der Waals surface area contributed by atoms with Gasteiger partial charge in [0, 0.05) is 19.3 Å². The van der Waals surface area contributed by atoms with Crippen LogP contribution < -0.4 is 5.14 Å². The number of primary sulfonamides is 1. The first-order valence-electron chi connectivity index (χ1n) is 5.09. The molecule has 0 saturated carbocycles. The van der Waals surface area contributed by atoms with Crippen LogP contribution in [0.2, 0.25) is 0 Å². The van der Waals surface area contributed by atoms with Gasteiger partial charge in [0.2, 0.25) is 20.0 Å². The quantitative estimate of drug-likeness (QED) is 0.641. The Balaban J connectivity index is 2.91. The van der Waals surface area contributed by atoms with Gasteiger partial charge in [0.1, 0.15) is 0 Å². The number of sulfonamides is 2. The van der Waals surface area contributed by atoms with Crippen molar-refractivity contribution in [3.05, 3.63) is 0 Å². The molecule has 8 nitrogen and oxygen atoms in total. The van der Waals surface area contributed by atoms with Crippen molar-refractivity contribution in [2.24, 2.45) is 5.14 Å². The van der Waals surface area contributed by atoms with Gasteiger partial charge in [0.15, 0.2) is 14.9 Å². The molecular formula is C7H16N2O6S3. The Kier molecular flexibility index (Phi) is 4.43. The third-order valence-electron chi connectivity index (χ3n) is 2.56. The van der Waals surface area contributed by atoms with E-state index >= 15 is 0 Å². The maximum absolute atomic E-state index is 11.8. The molecule has 0 aliphatic carbocycles. The molecule has 11 heteroatoms. The van der Waals surface area contributed by atoms with E-state index in [1.165, 1.54) is 0 Å². The highest BCUT2D eigenvalue weighted by Gasteiger charge is 2.35. The van der Waals surface area contributed by atoms with Crippen LogP contribution in [0.4, 0.5) is 0 Å². The fourth-order valence-corrected chi connectivity index (χ4v) is 6.32. The Morgan fingerprint density at radius 2 is 1.72 bits per heavy atom. The average Bonchev–Trinajstić information content (AvgIpc) is 2.13. The van der Waals surface area contributed by atoms with Crippen LogP contribution in [-0.4, -0.2) is 59.2 Å². The summed E-state index contributed by atoms with van der Waals surface area (Å²) >= 11 is 0. The minimum absolute atomic E-state index is 0.115. The lowest BCUT2D eigenvalue weighted by molar-refractivity contribution is 0.347. The predicted octanol–water partition coefficient (Wildman–Crippen LogP) is -1.93. The van der Waals surface area contributed by atoms with E-state index in [2.05, 4.69) is 0 Å². The number of piperidine rings is 1. The van der Waals surface area contributed by atoms with Gasteiger partial charge in [0.05, 0.1) is 5.25 Å². The maximum Gasteiger partial charge on any atom is 0.228 e. The van der Waals surface area contributed by atoms with E-state index in [4.69, 9.17) is 5.14 Å². The Morgan fingerprint density at radius 1 is 1.17 bits per heavy atom. The second kappa shape index (κ2) is 5.04. The molecule has 0 amide bonds. The zero-order valence-corrected chi connectivity index (χ0v) is 12.3. The number of sulfone groups is 1. The van der Waals surface area contributed by atoms with Crippen LogP contribution in [0.5, 0.6) is 0 Å². The first-order chi connectivity index (χ1) is 7.92. The fourth-order valence-electron chi connectivity index (χ4n) is 1.77. The van der Waals surface area contributed by atoms with Crippen LogP contribution in [0, 0.1) is 0 Å². The van der Waals surface area contributed by atoms with E-state index in [1.54, 1.807) is 0 Å². The van der Waals surface area contributed by atoms with Gasteiger partial charge in [-0.2, -0.15) is 4.31 Å². The molecule has 2 N–H and O–H groups in total. The third kappa shape index (κ3) is 4.46. The highest BCUT2D eigenvalue weighted by Crippen LogP contribution is 2.19. The first-order valence-corrected chi connectivity index (χ1v) is 10.4. The highest BCUT2D eigenvalue weighted by molar-refractivity contribution is 8.06. The molecule has 0 aromatic heterocycles. The molecule has 0 aromatic rings. The molecular weight excluding hydrogens is 304 g/mol. The third-order valence-corrected chi connectivity index (χ3v) is 7.90. The van der Waals surface area contributed by atoms with Crippen molar-refractivity contribution in [3.63, 3.8) is 0 Å². The standard InChI is InChI=1S/C7H16N2O6S3/c1-16(10,11)6-17(12,13)9-4-2-3-7(5-9)18(8,14)15/h7H,2-6H2,1H3,(H2,8,14,15). The number of nitrogens with zero attached hydrogens (tertiary/aromatic N) is 1. The van der Waals surface area contributed by atoms with Crippen molar-refractivity contribution in [2.75, 3.05) is 24.4 Å². The van der Waals surface area contributed by atoms with E-state index in [-0.39, 0.29) is 19.5 Å². The van der Waals surface area contributed by atoms with Crippen molar-refractivity contribution in [2.45, 2.75) is 18.1 Å². The molecule has 1 atom stereocenters. The number of nitrogens with two attached hydrogens (primary N) is 1. The largest absolute Gasteiger partial charge is 0.228 e. The Labute approximate surface area is 107 Å². The molecule has 0 aromatic carbocycles. The minimum atomic E-state index is -4.01. The molecule has 0 spiro atoms. The summed E-state index contributed by atoms with van der Waals surface area (Å²) in [7, 11) is -11.5. The number of hydrogen-bond donors (Lipinski definition) is 1. The summed E-state index contributed by atoms with van der Waals surface area (Å²) in [4.78, 5) is 0. The summed E-state index contributed by atoms with van der Waals surface area (Å²) in [5.74, 6) is 0. The number of hydrogen-bond acceptors (Lipinski definition) is 6. The van der Waals surface area contributed by atoms with Crippen molar-refractivity contribution in [3.8, 4) is 0 Å². The first kappa shape index (κ1) is 15.8. The molecule has 1 aliphatic rings. The topological polar surface area (TPSA) is 132 Å². The van der Waals surface area contributed by atoms with Crippen molar-refractivity contribution < 1.29 is 25.3 Å². The summed E-state index contributed by atoms with van der Waals surface area (Å²) in [6.07, 6.45) is 1.43. The van der Waals surface area contributed by atoms with E-state index in [0.29, 0.717) is 6.42 Å². The molecule has 1 unspecified atom stereocenters. The molecule has 1 saturated heterocycles. The summed E-state index contributed by atoms with van der Waals surface area (Å²) in [5, 5.41) is 2.99.